The summed E-state index contributed by atoms with van der Waals surface area (Å²) in [6, 6.07) is 56.8. The Morgan fingerprint density at radius 1 is 0.388 bits per heavy atom. The van der Waals surface area contributed by atoms with Crippen LogP contribution in [0.25, 0.3) is 0 Å². The minimum atomic E-state index is -4.27. The zero-order valence-electron chi connectivity index (χ0n) is 47.0. The van der Waals surface area contributed by atoms with Crippen LogP contribution < -0.4 is 16.4 Å². The minimum Gasteiger partial charge on any atom is -0.744 e. The maximum atomic E-state index is 13.3. The molecule has 0 aromatic heterocycles. The fourth-order valence-corrected chi connectivity index (χ4v) is 7.90. The van der Waals surface area contributed by atoms with Gasteiger partial charge in [0.1, 0.15) is 61.8 Å². The van der Waals surface area contributed by atoms with Crippen molar-refractivity contribution in [2.24, 2.45) is 0 Å². The first-order valence-corrected chi connectivity index (χ1v) is 28.5. The first kappa shape index (κ1) is 66.3. The molecule has 0 aliphatic carbocycles. The summed E-state index contributed by atoms with van der Waals surface area (Å²) in [4.78, 5) is 88.1. The third-order valence-electron chi connectivity index (χ3n) is 12.2. The van der Waals surface area contributed by atoms with Gasteiger partial charge in [-0.1, -0.05) is 200 Å². The maximum absolute atomic E-state index is 13.3. The van der Waals surface area contributed by atoms with E-state index in [0.717, 1.165) is 38.9 Å². The summed E-state index contributed by atoms with van der Waals surface area (Å²) in [5.74, 6) is -3.47. The predicted molar refractivity (Wildman–Crippen MR) is 310 cm³/mol. The monoisotopic (exact) mass is 1180 g/mol. The lowest BCUT2D eigenvalue weighted by Gasteiger charge is -2.21. The van der Waals surface area contributed by atoms with E-state index in [0.29, 0.717) is 6.42 Å². The topological polar surface area (TPSA) is 284 Å². The fourth-order valence-electron chi connectivity index (χ4n) is 7.43. The van der Waals surface area contributed by atoms with Crippen LogP contribution in [0.1, 0.15) is 77.5 Å². The molecule has 0 heterocycles. The Balaban J connectivity index is 0.000000307. The number of esters is 6. The smallest absolute Gasteiger partial charge is 0.365 e. The van der Waals surface area contributed by atoms with Crippen molar-refractivity contribution in [3.63, 3.8) is 0 Å². The zero-order chi connectivity index (χ0) is 61.1. The van der Waals surface area contributed by atoms with Gasteiger partial charge in [-0.15, -0.1) is 0 Å². The standard InChI is InChI=1S/C39H40N2O9.C19H21NO4.C7H8O3S/c42-35(47-25-29-13-5-1-6-14-29)23-21-33(37(44)49-27-31-17-9-3-10-18-31)40-39(46)41-34(38(45)50-28-32-19-11-4-12-20-32)22-24-36(43)48-26-30-15-7-2-8-16-30;20-17(19(22)24-14-16-9-5-2-6-10-16)11-12-18(21)23-13-15-7-3-1-4-8-15;1-6-2-4-7(5-3-6)11(8,9)10/h1-20,33-34H,21-28H2,(H2,40,41,46);1-10,17H,11-14,20H2;2-5H,1H3,(H,8,9,10)/t33-,34-;17-;/m00./s1. The highest BCUT2D eigenvalue weighted by Crippen LogP contribution is 2.13. The average Bonchev–Trinajstić information content (AvgIpc) is 3.58. The van der Waals surface area contributed by atoms with Crippen LogP contribution in [-0.4, -0.2) is 72.9 Å². The molecule has 7 aromatic rings. The molecule has 0 aliphatic rings. The van der Waals surface area contributed by atoms with E-state index < -0.39 is 64.1 Å². The first-order chi connectivity index (χ1) is 41.0. The van der Waals surface area contributed by atoms with Crippen LogP contribution in [0, 0.1) is 6.92 Å². The van der Waals surface area contributed by atoms with E-state index in [-0.39, 0.29) is 82.6 Å². The summed E-state index contributed by atoms with van der Waals surface area (Å²) in [7, 11) is -4.27. The van der Waals surface area contributed by atoms with Crippen molar-refractivity contribution in [2.75, 3.05) is 0 Å². The van der Waals surface area contributed by atoms with Gasteiger partial charge >= 0.3 is 41.8 Å². The number of carbonyl (C=O) groups is 7. The van der Waals surface area contributed by atoms with Crippen LogP contribution in [0.15, 0.2) is 211 Å². The van der Waals surface area contributed by atoms with Crippen molar-refractivity contribution in [3.05, 3.63) is 245 Å². The van der Waals surface area contributed by atoms with Crippen LogP contribution in [0.3, 0.4) is 0 Å². The number of nitrogens with one attached hydrogen (secondary N) is 2. The Morgan fingerprint density at radius 2 is 0.647 bits per heavy atom. The summed E-state index contributed by atoms with van der Waals surface area (Å²) >= 11 is 0. The quantitative estimate of drug-likeness (QED) is 0.0248. The highest BCUT2D eigenvalue weighted by atomic mass is 32.2. The molecular formula is C65H69N3O16S. The van der Waals surface area contributed by atoms with Crippen LogP contribution >= 0.6 is 0 Å². The predicted octanol–water partition coefficient (Wildman–Crippen LogP) is 8.32. The van der Waals surface area contributed by atoms with Crippen molar-refractivity contribution in [1.82, 2.24) is 10.6 Å². The van der Waals surface area contributed by atoms with Crippen molar-refractivity contribution >= 4 is 52.0 Å². The molecule has 0 unspecified atom stereocenters. The molecule has 7 aromatic carbocycles. The Morgan fingerprint density at radius 3 is 0.929 bits per heavy atom. The van der Waals surface area contributed by atoms with E-state index in [1.165, 1.54) is 12.1 Å². The van der Waals surface area contributed by atoms with Crippen molar-refractivity contribution in [1.29, 1.82) is 0 Å². The number of hydrogen-bond donors (Lipinski definition) is 3. The molecule has 0 saturated heterocycles. The zero-order valence-corrected chi connectivity index (χ0v) is 47.8. The van der Waals surface area contributed by atoms with Gasteiger partial charge in [0.2, 0.25) is 0 Å². The Kier molecular flexibility index (Phi) is 28.7. The van der Waals surface area contributed by atoms with Crippen molar-refractivity contribution in [3.8, 4) is 0 Å². The molecule has 19 nitrogen and oxygen atoms in total. The van der Waals surface area contributed by atoms with Gasteiger partial charge in [-0.2, -0.15) is 0 Å². The molecule has 446 valence electrons. The number of aryl methyl sites for hydroxylation is 1. The second kappa shape index (κ2) is 36.9. The molecule has 0 saturated carbocycles. The third kappa shape index (κ3) is 27.4. The first-order valence-electron chi connectivity index (χ1n) is 27.1. The lowest BCUT2D eigenvalue weighted by atomic mass is 10.1. The summed E-state index contributed by atoms with van der Waals surface area (Å²) in [5.41, 5.74) is 9.59. The number of ether oxygens (including phenoxy) is 6. The lowest BCUT2D eigenvalue weighted by Crippen LogP contribution is -2.65. The Bertz CT molecular complexity index is 3130. The van der Waals surface area contributed by atoms with Crippen molar-refractivity contribution in [2.45, 2.75) is 108 Å². The van der Waals surface area contributed by atoms with E-state index in [1.54, 1.807) is 60.7 Å². The average molecular weight is 1180 g/mol. The Hall–Kier alpha value is -9.50. The van der Waals surface area contributed by atoms with Gasteiger partial charge < -0.3 is 49.3 Å². The van der Waals surface area contributed by atoms with E-state index in [1.807, 2.05) is 140 Å². The third-order valence-corrected chi connectivity index (χ3v) is 13.0. The van der Waals surface area contributed by atoms with E-state index in [4.69, 9.17) is 28.4 Å². The van der Waals surface area contributed by atoms with Gasteiger partial charge in [0.25, 0.3) is 0 Å². The molecule has 20 heteroatoms. The molecular weight excluding hydrogens is 1110 g/mol. The number of rotatable bonds is 27. The second-order valence-corrected chi connectivity index (χ2v) is 20.4. The molecule has 0 radical (unpaired) electrons. The van der Waals surface area contributed by atoms with E-state index in [2.05, 4.69) is 16.4 Å². The molecule has 0 bridgehead atoms. The van der Waals surface area contributed by atoms with Gasteiger partial charge in [-0.25, -0.2) is 27.6 Å². The summed E-state index contributed by atoms with van der Waals surface area (Å²) in [5, 5.41) is 5.04. The van der Waals surface area contributed by atoms with Crippen molar-refractivity contribution < 1.29 is 80.7 Å². The molecule has 2 amide bonds. The van der Waals surface area contributed by atoms with Gasteiger partial charge in [0.15, 0.2) is 6.04 Å². The number of benzene rings is 7. The maximum Gasteiger partial charge on any atom is 0.365 e. The summed E-state index contributed by atoms with van der Waals surface area (Å²) in [6.07, 6.45) is -0.224. The molecule has 0 spiro atoms. The Labute approximate surface area is 494 Å². The fraction of sp³-hybridized carbons (Fsp3) is 0.246. The molecule has 7 rings (SSSR count). The summed E-state index contributed by atoms with van der Waals surface area (Å²) in [6.45, 7) is 2.26. The minimum absolute atomic E-state index is 0.0528. The number of quaternary nitrogens is 1. The second-order valence-electron chi connectivity index (χ2n) is 19.0. The SMILES string of the molecule is Cc1ccc(S(=O)(=O)[O-])cc1.O=C(N[C@@H](CCC(=O)OCc1ccccc1)C(=O)OCc1ccccc1)N[C@@H](CCC(=O)OCc1ccccc1)C(=O)OCc1ccccc1.[NH3+][C@@H](CCC(=O)OCc1ccccc1)C(=O)OCc1ccccc1. The molecule has 85 heavy (non-hydrogen) atoms. The summed E-state index contributed by atoms with van der Waals surface area (Å²) < 4.78 is 63.1. The van der Waals surface area contributed by atoms with Crippen LogP contribution in [-0.2, 0) is 107 Å². The number of amides is 2. The highest BCUT2D eigenvalue weighted by molar-refractivity contribution is 7.85. The van der Waals surface area contributed by atoms with Gasteiger partial charge in [-0.05, 0) is 65.3 Å². The van der Waals surface area contributed by atoms with Gasteiger partial charge in [0.05, 0.1) is 11.3 Å². The van der Waals surface area contributed by atoms with Crippen LogP contribution in [0.2, 0.25) is 0 Å². The van der Waals surface area contributed by atoms with E-state index in [9.17, 15) is 46.5 Å². The molecule has 0 fully saturated rings. The normalized spacial score (nSPS) is 11.6. The van der Waals surface area contributed by atoms with Crippen LogP contribution in [0.4, 0.5) is 4.79 Å². The van der Waals surface area contributed by atoms with E-state index >= 15 is 0 Å². The van der Waals surface area contributed by atoms with Gasteiger partial charge in [-0.3, -0.25) is 14.4 Å². The largest absolute Gasteiger partial charge is 0.744 e. The van der Waals surface area contributed by atoms with Crippen LogP contribution in [0.5, 0.6) is 0 Å². The number of hydrogen-bond acceptors (Lipinski definition) is 16. The molecule has 0 aliphatic heterocycles. The number of urea groups is 1. The molecule has 5 N–H and O–H groups in total. The van der Waals surface area contributed by atoms with Gasteiger partial charge in [0, 0.05) is 19.3 Å². The highest BCUT2D eigenvalue weighted by Gasteiger charge is 2.29. The lowest BCUT2D eigenvalue weighted by molar-refractivity contribution is -0.409. The molecule has 3 atom stereocenters. The number of carbonyl (C=O) groups excluding carboxylic acids is 7.